The number of hydrogen-bond donors (Lipinski definition) is 0. The summed E-state index contributed by atoms with van der Waals surface area (Å²) in [5.41, 5.74) is 18.0. The first-order chi connectivity index (χ1) is 27.2. The molecular weight excluding hydrogens is 663 g/mol. The molecule has 0 bridgehead atoms. The number of fused-ring (bicyclic) bond motifs is 3. The Balaban J connectivity index is 1.19. The second-order valence-corrected chi connectivity index (χ2v) is 14.2. The van der Waals surface area contributed by atoms with E-state index in [1.54, 1.807) is 0 Å². The standard InChI is InChI=1S/C54H37N/c1-6-16-38(17-7-1)44-30-45(39-18-8-2-9-19-39)33-48(32-44)42-26-28-53-51(36-42)52-37-43(27-29-54(52)55(53)50-24-14-5-15-25-50)49-34-46(40-20-10-3-11-21-40)31-47(35-49)41-22-12-4-13-23-41/h1-37H. The highest BCUT2D eigenvalue weighted by Gasteiger charge is 2.16. The molecule has 10 aromatic rings. The average Bonchev–Trinajstić information content (AvgIpc) is 3.60. The van der Waals surface area contributed by atoms with Gasteiger partial charge in [-0.05, 0) is 140 Å². The molecule has 258 valence electrons. The average molecular weight is 700 g/mol. The Morgan fingerprint density at radius 1 is 0.200 bits per heavy atom. The molecule has 0 atom stereocenters. The number of para-hydroxylation sites is 1. The zero-order valence-electron chi connectivity index (χ0n) is 30.3. The maximum atomic E-state index is 2.41. The lowest BCUT2D eigenvalue weighted by Crippen LogP contribution is -1.93. The van der Waals surface area contributed by atoms with Crippen molar-refractivity contribution in [2.75, 3.05) is 0 Å². The molecule has 0 aliphatic rings. The number of benzene rings is 9. The van der Waals surface area contributed by atoms with Crippen LogP contribution in [0, 0.1) is 0 Å². The minimum Gasteiger partial charge on any atom is -0.309 e. The second-order valence-electron chi connectivity index (χ2n) is 14.2. The molecule has 0 spiro atoms. The van der Waals surface area contributed by atoms with Gasteiger partial charge in [0.2, 0.25) is 0 Å². The van der Waals surface area contributed by atoms with E-state index in [0.29, 0.717) is 0 Å². The molecule has 1 heterocycles. The monoisotopic (exact) mass is 699 g/mol. The van der Waals surface area contributed by atoms with Crippen LogP contribution >= 0.6 is 0 Å². The molecule has 55 heavy (non-hydrogen) atoms. The van der Waals surface area contributed by atoms with Gasteiger partial charge in [-0.1, -0.05) is 152 Å². The predicted molar refractivity (Wildman–Crippen MR) is 233 cm³/mol. The molecule has 0 amide bonds. The lowest BCUT2D eigenvalue weighted by atomic mass is 9.92. The summed E-state index contributed by atoms with van der Waals surface area (Å²) in [5.74, 6) is 0. The van der Waals surface area contributed by atoms with Crippen LogP contribution in [0.15, 0.2) is 224 Å². The number of rotatable bonds is 7. The van der Waals surface area contributed by atoms with E-state index in [9.17, 15) is 0 Å². The van der Waals surface area contributed by atoms with E-state index in [4.69, 9.17) is 0 Å². The van der Waals surface area contributed by atoms with E-state index in [-0.39, 0.29) is 0 Å². The van der Waals surface area contributed by atoms with Crippen LogP contribution in [0.2, 0.25) is 0 Å². The quantitative estimate of drug-likeness (QED) is 0.156. The van der Waals surface area contributed by atoms with Gasteiger partial charge in [-0.25, -0.2) is 0 Å². The first-order valence-electron chi connectivity index (χ1n) is 18.9. The molecule has 0 unspecified atom stereocenters. The van der Waals surface area contributed by atoms with Crippen LogP contribution in [0.3, 0.4) is 0 Å². The van der Waals surface area contributed by atoms with Crippen LogP contribution in [0.5, 0.6) is 0 Å². The third-order valence-electron chi connectivity index (χ3n) is 10.7. The summed E-state index contributed by atoms with van der Waals surface area (Å²) in [7, 11) is 0. The Labute approximate surface area is 322 Å². The molecule has 10 rings (SSSR count). The number of nitrogens with zero attached hydrogens (tertiary/aromatic N) is 1. The summed E-state index contributed by atoms with van der Waals surface area (Å²) in [6.07, 6.45) is 0. The molecular formula is C54H37N. The molecule has 1 aromatic heterocycles. The van der Waals surface area contributed by atoms with Gasteiger partial charge in [0.25, 0.3) is 0 Å². The van der Waals surface area contributed by atoms with Crippen molar-refractivity contribution in [3.63, 3.8) is 0 Å². The van der Waals surface area contributed by atoms with Crippen molar-refractivity contribution in [3.8, 4) is 72.4 Å². The largest absolute Gasteiger partial charge is 0.309 e. The van der Waals surface area contributed by atoms with Crippen LogP contribution in [0.25, 0.3) is 94.3 Å². The third-order valence-corrected chi connectivity index (χ3v) is 10.7. The van der Waals surface area contributed by atoms with E-state index < -0.39 is 0 Å². The summed E-state index contributed by atoms with van der Waals surface area (Å²) in [6, 6.07) is 81.5. The molecule has 0 radical (unpaired) electrons. The summed E-state index contributed by atoms with van der Waals surface area (Å²) < 4.78 is 2.41. The normalized spacial score (nSPS) is 11.3. The van der Waals surface area contributed by atoms with Crippen molar-refractivity contribution in [1.82, 2.24) is 4.57 Å². The maximum Gasteiger partial charge on any atom is 0.0541 e. The van der Waals surface area contributed by atoms with Gasteiger partial charge in [0.05, 0.1) is 11.0 Å². The molecule has 0 aliphatic carbocycles. The molecule has 1 heteroatoms. The van der Waals surface area contributed by atoms with Gasteiger partial charge >= 0.3 is 0 Å². The molecule has 0 saturated heterocycles. The van der Waals surface area contributed by atoms with E-state index in [1.807, 2.05) is 0 Å². The van der Waals surface area contributed by atoms with Crippen molar-refractivity contribution in [1.29, 1.82) is 0 Å². The van der Waals surface area contributed by atoms with Crippen molar-refractivity contribution in [2.45, 2.75) is 0 Å². The zero-order valence-corrected chi connectivity index (χ0v) is 30.3. The van der Waals surface area contributed by atoms with Gasteiger partial charge in [-0.2, -0.15) is 0 Å². The van der Waals surface area contributed by atoms with Crippen LogP contribution in [0.4, 0.5) is 0 Å². The van der Waals surface area contributed by atoms with E-state index in [2.05, 4.69) is 229 Å². The highest BCUT2D eigenvalue weighted by molar-refractivity contribution is 6.12. The highest BCUT2D eigenvalue weighted by atomic mass is 15.0. The first kappa shape index (κ1) is 32.4. The van der Waals surface area contributed by atoms with Crippen LogP contribution in [0.1, 0.15) is 0 Å². The van der Waals surface area contributed by atoms with Crippen molar-refractivity contribution in [3.05, 3.63) is 224 Å². The van der Waals surface area contributed by atoms with Crippen molar-refractivity contribution in [2.24, 2.45) is 0 Å². The maximum absolute atomic E-state index is 2.41. The fourth-order valence-corrected chi connectivity index (χ4v) is 8.02. The van der Waals surface area contributed by atoms with Crippen molar-refractivity contribution >= 4 is 21.8 Å². The molecule has 9 aromatic carbocycles. The van der Waals surface area contributed by atoms with E-state index in [1.165, 1.54) is 88.6 Å². The van der Waals surface area contributed by atoms with Gasteiger partial charge in [0.15, 0.2) is 0 Å². The van der Waals surface area contributed by atoms with Crippen LogP contribution < -0.4 is 0 Å². The smallest absolute Gasteiger partial charge is 0.0541 e. The fraction of sp³-hybridized carbons (Fsp3) is 0. The molecule has 0 fully saturated rings. The fourth-order valence-electron chi connectivity index (χ4n) is 8.02. The predicted octanol–water partition coefficient (Wildman–Crippen LogP) is 14.8. The Morgan fingerprint density at radius 3 is 0.782 bits per heavy atom. The minimum absolute atomic E-state index is 1.15. The Kier molecular flexibility index (Phi) is 8.24. The van der Waals surface area contributed by atoms with Crippen LogP contribution in [-0.2, 0) is 0 Å². The van der Waals surface area contributed by atoms with E-state index in [0.717, 1.165) is 5.69 Å². The Bertz CT molecular complexity index is 2630. The Morgan fingerprint density at radius 2 is 0.473 bits per heavy atom. The molecule has 1 nitrogen and oxygen atoms in total. The molecule has 0 N–H and O–H groups in total. The first-order valence-corrected chi connectivity index (χ1v) is 18.9. The lowest BCUT2D eigenvalue weighted by molar-refractivity contribution is 1.18. The number of hydrogen-bond acceptors (Lipinski definition) is 0. The van der Waals surface area contributed by atoms with Gasteiger partial charge < -0.3 is 4.57 Å². The highest BCUT2D eigenvalue weighted by Crippen LogP contribution is 2.40. The third kappa shape index (κ3) is 6.22. The number of aromatic nitrogens is 1. The van der Waals surface area contributed by atoms with Gasteiger partial charge in [0, 0.05) is 16.5 Å². The SMILES string of the molecule is c1ccc(-c2cc(-c3ccccc3)cc(-c3ccc4c(c3)c3cc(-c5cc(-c6ccccc6)cc(-c6ccccc6)c5)ccc3n4-c3ccccc3)c2)cc1. The second kappa shape index (κ2) is 14.0. The van der Waals surface area contributed by atoms with Crippen molar-refractivity contribution < 1.29 is 0 Å². The van der Waals surface area contributed by atoms with E-state index >= 15 is 0 Å². The summed E-state index contributed by atoms with van der Waals surface area (Å²) in [6.45, 7) is 0. The topological polar surface area (TPSA) is 4.93 Å². The molecule has 0 saturated carbocycles. The van der Waals surface area contributed by atoms with Gasteiger partial charge in [-0.3, -0.25) is 0 Å². The summed E-state index contributed by atoms with van der Waals surface area (Å²) in [5, 5.41) is 2.46. The van der Waals surface area contributed by atoms with Gasteiger partial charge in [0.1, 0.15) is 0 Å². The minimum atomic E-state index is 1.15. The summed E-state index contributed by atoms with van der Waals surface area (Å²) >= 11 is 0. The lowest BCUT2D eigenvalue weighted by Gasteiger charge is -2.12. The van der Waals surface area contributed by atoms with Crippen LogP contribution in [-0.4, -0.2) is 4.57 Å². The molecule has 0 aliphatic heterocycles. The van der Waals surface area contributed by atoms with Gasteiger partial charge in [-0.15, -0.1) is 0 Å². The summed E-state index contributed by atoms with van der Waals surface area (Å²) in [4.78, 5) is 0. The zero-order chi connectivity index (χ0) is 36.6. The Hall–Kier alpha value is -7.22.